The highest BCUT2D eigenvalue weighted by molar-refractivity contribution is 5.32. The van der Waals surface area contributed by atoms with Crippen LogP contribution in [-0.4, -0.2) is 12.6 Å². The van der Waals surface area contributed by atoms with E-state index in [1.165, 1.54) is 7.11 Å². The standard InChI is InChI=1S/C13H20FNO/c1-9(2)13(3,15)8-10-6-5-7-11(16-4)12(10)14/h5-7,9H,8,15H2,1-4H3. The van der Waals surface area contributed by atoms with Crippen LogP contribution in [0, 0.1) is 11.7 Å². The molecule has 0 saturated carbocycles. The Labute approximate surface area is 96.6 Å². The second-order valence-electron chi connectivity index (χ2n) is 4.77. The van der Waals surface area contributed by atoms with E-state index in [9.17, 15) is 4.39 Å². The van der Waals surface area contributed by atoms with E-state index in [4.69, 9.17) is 10.5 Å². The first-order valence-electron chi connectivity index (χ1n) is 5.48. The maximum absolute atomic E-state index is 13.9. The van der Waals surface area contributed by atoms with Crippen molar-refractivity contribution in [3.05, 3.63) is 29.6 Å². The second kappa shape index (κ2) is 4.83. The molecule has 0 aliphatic rings. The fourth-order valence-electron chi connectivity index (χ4n) is 1.46. The van der Waals surface area contributed by atoms with E-state index in [0.29, 0.717) is 12.0 Å². The molecule has 0 spiro atoms. The summed E-state index contributed by atoms with van der Waals surface area (Å²) in [6.07, 6.45) is 0.508. The summed E-state index contributed by atoms with van der Waals surface area (Å²) >= 11 is 0. The molecule has 0 amide bonds. The lowest BCUT2D eigenvalue weighted by atomic mass is 9.83. The molecule has 16 heavy (non-hydrogen) atoms. The van der Waals surface area contributed by atoms with Crippen molar-refractivity contribution in [2.24, 2.45) is 11.7 Å². The molecular formula is C13H20FNO. The van der Waals surface area contributed by atoms with Crippen LogP contribution in [0.25, 0.3) is 0 Å². The van der Waals surface area contributed by atoms with Crippen LogP contribution in [0.5, 0.6) is 5.75 Å². The molecule has 1 unspecified atom stereocenters. The number of ether oxygens (including phenoxy) is 1. The molecule has 3 heteroatoms. The smallest absolute Gasteiger partial charge is 0.168 e. The monoisotopic (exact) mass is 225 g/mol. The number of halogens is 1. The highest BCUT2D eigenvalue weighted by Gasteiger charge is 2.25. The average Bonchev–Trinajstić information content (AvgIpc) is 2.20. The molecule has 1 aromatic carbocycles. The van der Waals surface area contributed by atoms with Crippen LogP contribution in [0.1, 0.15) is 26.3 Å². The third kappa shape index (κ3) is 2.73. The van der Waals surface area contributed by atoms with E-state index in [1.807, 2.05) is 20.8 Å². The molecule has 0 fully saturated rings. The lowest BCUT2D eigenvalue weighted by Crippen LogP contribution is -2.44. The van der Waals surface area contributed by atoms with Gasteiger partial charge in [-0.3, -0.25) is 0 Å². The largest absolute Gasteiger partial charge is 0.494 e. The minimum Gasteiger partial charge on any atom is -0.494 e. The molecule has 1 aromatic rings. The third-order valence-electron chi connectivity index (χ3n) is 3.15. The lowest BCUT2D eigenvalue weighted by molar-refractivity contribution is 0.329. The average molecular weight is 225 g/mol. The Bertz CT molecular complexity index is 361. The fraction of sp³-hybridized carbons (Fsp3) is 0.538. The molecule has 0 heterocycles. The van der Waals surface area contributed by atoms with Crippen LogP contribution in [0.3, 0.4) is 0 Å². The van der Waals surface area contributed by atoms with Crippen LogP contribution in [0.4, 0.5) is 4.39 Å². The van der Waals surface area contributed by atoms with Gasteiger partial charge in [0.2, 0.25) is 0 Å². The molecule has 0 aliphatic carbocycles. The number of rotatable bonds is 4. The Morgan fingerprint density at radius 1 is 1.44 bits per heavy atom. The molecule has 1 atom stereocenters. The van der Waals surface area contributed by atoms with Gasteiger partial charge in [0.25, 0.3) is 0 Å². The van der Waals surface area contributed by atoms with Crippen LogP contribution in [-0.2, 0) is 6.42 Å². The van der Waals surface area contributed by atoms with Gasteiger partial charge in [-0.15, -0.1) is 0 Å². The summed E-state index contributed by atoms with van der Waals surface area (Å²) < 4.78 is 18.8. The minimum atomic E-state index is -0.410. The Morgan fingerprint density at radius 3 is 2.56 bits per heavy atom. The van der Waals surface area contributed by atoms with Gasteiger partial charge >= 0.3 is 0 Å². The van der Waals surface area contributed by atoms with E-state index in [2.05, 4.69) is 0 Å². The SMILES string of the molecule is COc1cccc(CC(C)(N)C(C)C)c1F. The molecular weight excluding hydrogens is 205 g/mol. The van der Waals surface area contributed by atoms with Crippen molar-refractivity contribution in [3.8, 4) is 5.75 Å². The Kier molecular flexibility index (Phi) is 3.92. The fourth-order valence-corrected chi connectivity index (χ4v) is 1.46. The van der Waals surface area contributed by atoms with Crippen LogP contribution in [0.2, 0.25) is 0 Å². The van der Waals surface area contributed by atoms with Gasteiger partial charge in [-0.05, 0) is 30.9 Å². The summed E-state index contributed by atoms with van der Waals surface area (Å²) in [6, 6.07) is 5.15. The molecule has 90 valence electrons. The van der Waals surface area contributed by atoms with E-state index in [0.717, 1.165) is 0 Å². The quantitative estimate of drug-likeness (QED) is 0.855. The highest BCUT2D eigenvalue weighted by Crippen LogP contribution is 2.25. The molecule has 0 saturated heterocycles. The normalized spacial score (nSPS) is 14.9. The van der Waals surface area contributed by atoms with Crippen molar-refractivity contribution in [2.45, 2.75) is 32.7 Å². The summed E-state index contributed by atoms with van der Waals surface area (Å²) in [4.78, 5) is 0. The molecule has 2 nitrogen and oxygen atoms in total. The summed E-state index contributed by atoms with van der Waals surface area (Å²) in [6.45, 7) is 6.02. The first-order valence-corrected chi connectivity index (χ1v) is 5.48. The van der Waals surface area contributed by atoms with Crippen LogP contribution < -0.4 is 10.5 Å². The van der Waals surface area contributed by atoms with Crippen molar-refractivity contribution in [2.75, 3.05) is 7.11 Å². The van der Waals surface area contributed by atoms with Gasteiger partial charge in [-0.25, -0.2) is 4.39 Å². The summed E-state index contributed by atoms with van der Waals surface area (Å²) in [5.74, 6) is 0.262. The predicted octanol–water partition coefficient (Wildman–Crippen LogP) is 2.75. The second-order valence-corrected chi connectivity index (χ2v) is 4.77. The summed E-state index contributed by atoms with van der Waals surface area (Å²) in [7, 11) is 1.46. The highest BCUT2D eigenvalue weighted by atomic mass is 19.1. The molecule has 2 N–H and O–H groups in total. The van der Waals surface area contributed by atoms with E-state index in [-0.39, 0.29) is 17.5 Å². The van der Waals surface area contributed by atoms with Gasteiger partial charge in [0.15, 0.2) is 11.6 Å². The zero-order chi connectivity index (χ0) is 12.3. The number of hydrogen-bond acceptors (Lipinski definition) is 2. The minimum absolute atomic E-state index is 0.275. The predicted molar refractivity (Wildman–Crippen MR) is 64.1 cm³/mol. The number of hydrogen-bond donors (Lipinski definition) is 1. The number of nitrogens with two attached hydrogens (primary N) is 1. The number of methoxy groups -OCH3 is 1. The van der Waals surface area contributed by atoms with Crippen LogP contribution >= 0.6 is 0 Å². The topological polar surface area (TPSA) is 35.2 Å². The molecule has 0 aromatic heterocycles. The van der Waals surface area contributed by atoms with Crippen LogP contribution in [0.15, 0.2) is 18.2 Å². The first kappa shape index (κ1) is 13.0. The molecule has 0 bridgehead atoms. The van der Waals surface area contributed by atoms with Gasteiger partial charge < -0.3 is 10.5 Å². The first-order chi connectivity index (χ1) is 7.38. The Morgan fingerprint density at radius 2 is 2.06 bits per heavy atom. The Hall–Kier alpha value is -1.09. The maximum atomic E-state index is 13.9. The lowest BCUT2D eigenvalue weighted by Gasteiger charge is -2.29. The number of benzene rings is 1. The van der Waals surface area contributed by atoms with Crippen molar-refractivity contribution in [3.63, 3.8) is 0 Å². The van der Waals surface area contributed by atoms with Crippen molar-refractivity contribution >= 4 is 0 Å². The van der Waals surface area contributed by atoms with Crippen molar-refractivity contribution in [1.29, 1.82) is 0 Å². The van der Waals surface area contributed by atoms with E-state index < -0.39 is 5.54 Å². The summed E-state index contributed by atoms with van der Waals surface area (Å²) in [5, 5.41) is 0. The Balaban J connectivity index is 2.98. The van der Waals surface area contributed by atoms with E-state index >= 15 is 0 Å². The van der Waals surface area contributed by atoms with Gasteiger partial charge in [-0.2, -0.15) is 0 Å². The van der Waals surface area contributed by atoms with Gasteiger partial charge in [0.1, 0.15) is 0 Å². The van der Waals surface area contributed by atoms with Crippen molar-refractivity contribution < 1.29 is 9.13 Å². The molecule has 0 radical (unpaired) electrons. The third-order valence-corrected chi connectivity index (χ3v) is 3.15. The van der Waals surface area contributed by atoms with E-state index in [1.54, 1.807) is 18.2 Å². The zero-order valence-electron chi connectivity index (χ0n) is 10.4. The van der Waals surface area contributed by atoms with Gasteiger partial charge in [-0.1, -0.05) is 26.0 Å². The van der Waals surface area contributed by atoms with Gasteiger partial charge in [0, 0.05) is 5.54 Å². The summed E-state index contributed by atoms with van der Waals surface area (Å²) in [5.41, 5.74) is 6.34. The zero-order valence-corrected chi connectivity index (χ0v) is 10.4. The maximum Gasteiger partial charge on any atom is 0.168 e. The van der Waals surface area contributed by atoms with Crippen molar-refractivity contribution in [1.82, 2.24) is 0 Å². The molecule has 0 aliphatic heterocycles. The van der Waals surface area contributed by atoms with Gasteiger partial charge in [0.05, 0.1) is 7.11 Å². The molecule has 1 rings (SSSR count).